The van der Waals surface area contributed by atoms with Crippen LogP contribution in [0.1, 0.15) is 13.3 Å². The van der Waals surface area contributed by atoms with Gasteiger partial charge in [-0.15, -0.1) is 5.10 Å². The van der Waals surface area contributed by atoms with E-state index in [1.54, 1.807) is 11.3 Å². The molecule has 7 nitrogen and oxygen atoms in total. The summed E-state index contributed by atoms with van der Waals surface area (Å²) in [5.41, 5.74) is 0. The first-order chi connectivity index (χ1) is 12.8. The molecule has 1 aliphatic heterocycles. The first kappa shape index (κ1) is 19.2. The molecular weight excluding hydrogens is 368 g/mol. The molecule has 0 radical (unpaired) electrons. The molecule has 9 heteroatoms. The van der Waals surface area contributed by atoms with Crippen molar-refractivity contribution >= 4 is 34.5 Å². The van der Waals surface area contributed by atoms with Crippen molar-refractivity contribution in [1.29, 1.82) is 0 Å². The zero-order valence-corrected chi connectivity index (χ0v) is 16.9. The largest absolute Gasteiger partial charge is 0.382 e. The standard InChI is InChI=1S/C17H26N6OS2/c1-2-24-13-5-8-19-16-20-23(17(25)26-16)14-21-9-11-22(12-10-21)15-6-3-4-7-18-15/h3-4,6-7H,2,5,8-14H2,1H3,(H,19,20)/p+2. The second-order valence-corrected chi connectivity index (χ2v) is 7.92. The molecule has 1 aliphatic rings. The van der Waals surface area contributed by atoms with E-state index in [0.717, 1.165) is 68.1 Å². The molecule has 0 amide bonds. The van der Waals surface area contributed by atoms with Crippen molar-refractivity contribution in [3.8, 4) is 0 Å². The van der Waals surface area contributed by atoms with E-state index in [2.05, 4.69) is 32.4 Å². The first-order valence-corrected chi connectivity index (χ1v) is 10.4. The van der Waals surface area contributed by atoms with Gasteiger partial charge in [-0.1, -0.05) is 17.4 Å². The van der Waals surface area contributed by atoms with Gasteiger partial charge in [-0.05, 0) is 31.6 Å². The van der Waals surface area contributed by atoms with Crippen LogP contribution in [-0.2, 0) is 11.4 Å². The predicted molar refractivity (Wildman–Crippen MR) is 106 cm³/mol. The topological polar surface area (TPSA) is 60.9 Å². The second kappa shape index (κ2) is 9.96. The summed E-state index contributed by atoms with van der Waals surface area (Å²) in [5, 5.41) is 8.89. The van der Waals surface area contributed by atoms with Crippen LogP contribution in [0.15, 0.2) is 24.4 Å². The third kappa shape index (κ3) is 5.47. The predicted octanol–water partition coefficient (Wildman–Crippen LogP) is 0.689. The zero-order chi connectivity index (χ0) is 18.2. The molecule has 0 bridgehead atoms. The van der Waals surface area contributed by atoms with E-state index >= 15 is 0 Å². The number of nitrogens with one attached hydrogen (secondary N) is 3. The van der Waals surface area contributed by atoms with Crippen LogP contribution in [0.25, 0.3) is 0 Å². The van der Waals surface area contributed by atoms with E-state index in [9.17, 15) is 0 Å². The highest BCUT2D eigenvalue weighted by Crippen LogP contribution is 2.13. The van der Waals surface area contributed by atoms with Crippen molar-refractivity contribution in [1.82, 2.24) is 9.78 Å². The van der Waals surface area contributed by atoms with Gasteiger partial charge >= 0.3 is 0 Å². The van der Waals surface area contributed by atoms with Gasteiger partial charge in [0, 0.05) is 25.8 Å². The number of hydrogen-bond acceptors (Lipinski definition) is 6. The number of nitrogens with zero attached hydrogens (tertiary/aromatic N) is 3. The highest BCUT2D eigenvalue weighted by Gasteiger charge is 2.26. The fraction of sp³-hybridized carbons (Fsp3) is 0.588. The van der Waals surface area contributed by atoms with Gasteiger partial charge in [0.1, 0.15) is 26.2 Å². The maximum absolute atomic E-state index is 5.49. The smallest absolute Gasteiger partial charge is 0.274 e. The average molecular weight is 397 g/mol. The fourth-order valence-corrected chi connectivity index (χ4v) is 4.04. The molecule has 26 heavy (non-hydrogen) atoms. The Labute approximate surface area is 163 Å². The molecular formula is C17H28N6OS2+2. The zero-order valence-electron chi connectivity index (χ0n) is 15.2. The number of ether oxygens (including phenoxy) is 1. The lowest BCUT2D eigenvalue weighted by Gasteiger charge is -2.27. The molecule has 3 heterocycles. The highest BCUT2D eigenvalue weighted by atomic mass is 32.1. The van der Waals surface area contributed by atoms with Crippen molar-refractivity contribution in [2.24, 2.45) is 0 Å². The maximum Gasteiger partial charge on any atom is 0.274 e. The number of aromatic nitrogens is 3. The average Bonchev–Trinajstić information content (AvgIpc) is 3.02. The SMILES string of the molecule is CCOCCCNc1nn(C[NH+]2CCN(c3cccc[nH+]3)CC2)c(=S)s1. The Morgan fingerprint density at radius 2 is 2.23 bits per heavy atom. The number of quaternary nitrogens is 1. The van der Waals surface area contributed by atoms with Crippen molar-refractivity contribution < 1.29 is 14.6 Å². The number of anilines is 2. The minimum Gasteiger partial charge on any atom is -0.382 e. The van der Waals surface area contributed by atoms with E-state index in [4.69, 9.17) is 17.0 Å². The number of aromatic amines is 1. The Hall–Kier alpha value is -1.55. The van der Waals surface area contributed by atoms with Gasteiger partial charge in [0.15, 0.2) is 10.6 Å². The van der Waals surface area contributed by atoms with Crippen molar-refractivity contribution in [2.45, 2.75) is 20.0 Å². The van der Waals surface area contributed by atoms with Crippen LogP contribution in [0.5, 0.6) is 0 Å². The number of H-pyrrole nitrogens is 1. The molecule has 2 aromatic heterocycles. The summed E-state index contributed by atoms with van der Waals surface area (Å²) in [6.45, 7) is 9.50. The van der Waals surface area contributed by atoms with Crippen LogP contribution in [-0.4, -0.2) is 55.7 Å². The molecule has 1 fully saturated rings. The molecule has 1 saturated heterocycles. The number of rotatable bonds is 9. The van der Waals surface area contributed by atoms with Gasteiger partial charge in [-0.25, -0.2) is 4.98 Å². The number of pyridine rings is 1. The van der Waals surface area contributed by atoms with E-state index in [1.807, 2.05) is 23.9 Å². The number of hydrogen-bond donors (Lipinski definition) is 2. The Balaban J connectivity index is 1.45. The lowest BCUT2D eigenvalue weighted by atomic mass is 10.3. The summed E-state index contributed by atoms with van der Waals surface area (Å²) in [6.07, 6.45) is 2.95. The van der Waals surface area contributed by atoms with E-state index < -0.39 is 0 Å². The lowest BCUT2D eigenvalue weighted by molar-refractivity contribution is -0.924. The molecule has 3 rings (SSSR count). The van der Waals surface area contributed by atoms with Crippen LogP contribution in [0.3, 0.4) is 0 Å². The Morgan fingerprint density at radius 3 is 2.96 bits per heavy atom. The normalized spacial score (nSPS) is 15.3. The Kier molecular flexibility index (Phi) is 7.36. The van der Waals surface area contributed by atoms with Crippen LogP contribution in [0, 0.1) is 3.95 Å². The number of piperazine rings is 1. The highest BCUT2D eigenvalue weighted by molar-refractivity contribution is 7.73. The van der Waals surface area contributed by atoms with Crippen LogP contribution in [0.4, 0.5) is 10.9 Å². The van der Waals surface area contributed by atoms with E-state index in [1.165, 1.54) is 10.7 Å². The summed E-state index contributed by atoms with van der Waals surface area (Å²) in [5.74, 6) is 1.19. The Bertz CT molecular complexity index is 712. The minimum atomic E-state index is 0.770. The summed E-state index contributed by atoms with van der Waals surface area (Å²) in [4.78, 5) is 7.23. The summed E-state index contributed by atoms with van der Waals surface area (Å²) < 4.78 is 8.15. The lowest BCUT2D eigenvalue weighted by Crippen LogP contribution is -3.14. The molecule has 0 aliphatic carbocycles. The Morgan fingerprint density at radius 1 is 1.38 bits per heavy atom. The van der Waals surface area contributed by atoms with Crippen LogP contribution in [0.2, 0.25) is 0 Å². The third-order valence-electron chi connectivity index (χ3n) is 4.43. The van der Waals surface area contributed by atoms with Gasteiger partial charge in [0.05, 0.1) is 6.20 Å². The molecule has 0 saturated carbocycles. The molecule has 3 N–H and O–H groups in total. The van der Waals surface area contributed by atoms with E-state index in [-0.39, 0.29) is 0 Å². The molecule has 0 atom stereocenters. The summed E-state index contributed by atoms with van der Waals surface area (Å²) in [6, 6.07) is 6.21. The molecule has 0 aromatic carbocycles. The molecule has 142 valence electrons. The van der Waals surface area contributed by atoms with Gasteiger partial charge in [-0.2, -0.15) is 4.68 Å². The van der Waals surface area contributed by atoms with Crippen LogP contribution < -0.4 is 20.1 Å². The summed E-state index contributed by atoms with van der Waals surface area (Å²) in [7, 11) is 0. The molecule has 0 unspecified atom stereocenters. The second-order valence-electron chi connectivity index (χ2n) is 6.29. The molecule has 2 aromatic rings. The van der Waals surface area contributed by atoms with Gasteiger partial charge in [0.2, 0.25) is 5.13 Å². The molecule has 0 spiro atoms. The van der Waals surface area contributed by atoms with Crippen molar-refractivity contribution in [3.63, 3.8) is 0 Å². The third-order valence-corrected chi connectivity index (χ3v) is 5.69. The van der Waals surface area contributed by atoms with Crippen molar-refractivity contribution in [3.05, 3.63) is 28.4 Å². The van der Waals surface area contributed by atoms with Crippen LogP contribution >= 0.6 is 23.6 Å². The maximum atomic E-state index is 5.49. The fourth-order valence-electron chi connectivity index (χ4n) is 3.01. The van der Waals surface area contributed by atoms with Gasteiger partial charge in [0.25, 0.3) is 5.82 Å². The van der Waals surface area contributed by atoms with Gasteiger partial charge in [-0.3, -0.25) is 4.90 Å². The van der Waals surface area contributed by atoms with Crippen molar-refractivity contribution in [2.75, 3.05) is 56.2 Å². The van der Waals surface area contributed by atoms with E-state index in [0.29, 0.717) is 0 Å². The monoisotopic (exact) mass is 396 g/mol. The quantitative estimate of drug-likeness (QED) is 0.482. The summed E-state index contributed by atoms with van der Waals surface area (Å²) >= 11 is 7.04. The minimum absolute atomic E-state index is 0.770. The first-order valence-electron chi connectivity index (χ1n) is 9.21. The van der Waals surface area contributed by atoms with Gasteiger partial charge < -0.3 is 15.0 Å².